The van der Waals surface area contributed by atoms with Crippen LogP contribution in [-0.2, 0) is 4.79 Å². The molecule has 0 aromatic rings. The number of rotatable bonds is 5. The lowest BCUT2D eigenvalue weighted by Gasteiger charge is -2.10. The number of hydrogen-bond acceptors (Lipinski definition) is 3. The Labute approximate surface area is 79.5 Å². The van der Waals surface area contributed by atoms with E-state index >= 15 is 0 Å². The molecule has 4 heteroatoms. The lowest BCUT2D eigenvalue weighted by atomic mass is 10.2. The lowest BCUT2D eigenvalue weighted by Crippen LogP contribution is -2.30. The Kier molecular flexibility index (Phi) is 5.90. The first-order chi connectivity index (χ1) is 6.07. The Hall–Kier alpha value is -1.08. The third-order valence-electron chi connectivity index (χ3n) is 1.67. The van der Waals surface area contributed by atoms with Crippen LogP contribution in [0.25, 0.3) is 0 Å². The number of carbonyl (C=O) groups is 1. The van der Waals surface area contributed by atoms with E-state index in [9.17, 15) is 4.79 Å². The molecular weight excluding hydrogens is 166 g/mol. The fourth-order valence-corrected chi connectivity index (χ4v) is 0.819. The minimum absolute atomic E-state index is 0.179. The molecule has 0 saturated carbocycles. The number of nitriles is 1. The average molecular weight is 183 g/mol. The average Bonchev–Trinajstić information content (AvgIpc) is 2.10. The first kappa shape index (κ1) is 11.9. The molecule has 1 unspecified atom stereocenters. The molecule has 0 rings (SSSR count). The lowest BCUT2D eigenvalue weighted by molar-refractivity contribution is -0.122. The van der Waals surface area contributed by atoms with Gasteiger partial charge in [-0.25, -0.2) is 0 Å². The third kappa shape index (κ3) is 6.12. The van der Waals surface area contributed by atoms with Crippen molar-refractivity contribution in [3.05, 3.63) is 0 Å². The molecular formula is C9H17N3O. The monoisotopic (exact) mass is 183 g/mol. The minimum Gasteiger partial charge on any atom is -0.355 e. The van der Waals surface area contributed by atoms with Gasteiger partial charge in [-0.2, -0.15) is 5.26 Å². The maximum absolute atomic E-state index is 11.1. The van der Waals surface area contributed by atoms with E-state index in [1.165, 1.54) is 0 Å². The van der Waals surface area contributed by atoms with E-state index in [-0.39, 0.29) is 5.91 Å². The van der Waals surface area contributed by atoms with E-state index in [0.717, 1.165) is 13.0 Å². The summed E-state index contributed by atoms with van der Waals surface area (Å²) in [6.45, 7) is 3.19. The van der Waals surface area contributed by atoms with Crippen LogP contribution in [0.15, 0.2) is 0 Å². The van der Waals surface area contributed by atoms with Gasteiger partial charge in [0, 0.05) is 6.54 Å². The van der Waals surface area contributed by atoms with Gasteiger partial charge in [0.1, 0.15) is 5.92 Å². The molecule has 0 saturated heterocycles. The van der Waals surface area contributed by atoms with E-state index in [4.69, 9.17) is 5.26 Å². The van der Waals surface area contributed by atoms with Crippen molar-refractivity contribution in [2.24, 2.45) is 5.92 Å². The summed E-state index contributed by atoms with van der Waals surface area (Å²) in [5.74, 6) is -0.722. The van der Waals surface area contributed by atoms with E-state index in [1.807, 2.05) is 20.2 Å². The molecule has 1 atom stereocenters. The van der Waals surface area contributed by atoms with Gasteiger partial charge in [0.15, 0.2) is 0 Å². The van der Waals surface area contributed by atoms with Crippen LogP contribution in [0.5, 0.6) is 0 Å². The van der Waals surface area contributed by atoms with Gasteiger partial charge in [0.25, 0.3) is 0 Å². The highest BCUT2D eigenvalue weighted by Gasteiger charge is 2.09. The minimum atomic E-state index is -0.542. The van der Waals surface area contributed by atoms with Gasteiger partial charge in [-0.15, -0.1) is 0 Å². The zero-order valence-corrected chi connectivity index (χ0v) is 8.50. The molecule has 0 aromatic carbocycles. The summed E-state index contributed by atoms with van der Waals surface area (Å²) in [6.07, 6.45) is 0.914. The summed E-state index contributed by atoms with van der Waals surface area (Å²) in [5.41, 5.74) is 0. The van der Waals surface area contributed by atoms with Crippen LogP contribution in [0, 0.1) is 17.2 Å². The number of hydrogen-bond donors (Lipinski definition) is 1. The molecule has 0 aliphatic heterocycles. The van der Waals surface area contributed by atoms with E-state index in [1.54, 1.807) is 6.92 Å². The molecule has 0 radical (unpaired) electrons. The van der Waals surface area contributed by atoms with Crippen molar-refractivity contribution in [1.82, 2.24) is 10.2 Å². The van der Waals surface area contributed by atoms with Crippen LogP contribution in [0.4, 0.5) is 0 Å². The summed E-state index contributed by atoms with van der Waals surface area (Å²) in [6, 6.07) is 1.89. The van der Waals surface area contributed by atoms with Gasteiger partial charge < -0.3 is 10.2 Å². The molecule has 4 nitrogen and oxygen atoms in total. The molecule has 13 heavy (non-hydrogen) atoms. The highest BCUT2D eigenvalue weighted by Crippen LogP contribution is 1.90. The van der Waals surface area contributed by atoms with Crippen LogP contribution in [0.1, 0.15) is 13.3 Å². The van der Waals surface area contributed by atoms with Crippen LogP contribution in [0.2, 0.25) is 0 Å². The fourth-order valence-electron chi connectivity index (χ4n) is 0.819. The predicted molar refractivity (Wildman–Crippen MR) is 51.0 cm³/mol. The normalized spacial score (nSPS) is 12.2. The van der Waals surface area contributed by atoms with Gasteiger partial charge in [-0.05, 0) is 34.0 Å². The second-order valence-electron chi connectivity index (χ2n) is 3.30. The third-order valence-corrected chi connectivity index (χ3v) is 1.67. The second-order valence-corrected chi connectivity index (χ2v) is 3.30. The molecule has 74 valence electrons. The van der Waals surface area contributed by atoms with Crippen molar-refractivity contribution in [3.63, 3.8) is 0 Å². The molecule has 0 spiro atoms. The quantitative estimate of drug-likeness (QED) is 0.620. The van der Waals surface area contributed by atoms with Crippen molar-refractivity contribution < 1.29 is 4.79 Å². The van der Waals surface area contributed by atoms with Crippen LogP contribution >= 0.6 is 0 Å². The zero-order chi connectivity index (χ0) is 10.3. The zero-order valence-electron chi connectivity index (χ0n) is 8.50. The molecule has 0 aliphatic carbocycles. The summed E-state index contributed by atoms with van der Waals surface area (Å²) in [5, 5.41) is 11.1. The number of nitrogens with one attached hydrogen (secondary N) is 1. The summed E-state index contributed by atoms with van der Waals surface area (Å²) in [7, 11) is 3.97. The van der Waals surface area contributed by atoms with E-state index < -0.39 is 5.92 Å². The van der Waals surface area contributed by atoms with Crippen LogP contribution in [0.3, 0.4) is 0 Å². The predicted octanol–water partition coefficient (Wildman–Crippen LogP) is 0.214. The largest absolute Gasteiger partial charge is 0.355 e. The van der Waals surface area contributed by atoms with E-state index in [0.29, 0.717) is 6.54 Å². The molecule has 0 aliphatic rings. The van der Waals surface area contributed by atoms with Crippen molar-refractivity contribution in [2.45, 2.75) is 13.3 Å². The van der Waals surface area contributed by atoms with Crippen LogP contribution < -0.4 is 5.32 Å². The molecule has 1 N–H and O–H groups in total. The molecule has 0 fully saturated rings. The summed E-state index contributed by atoms with van der Waals surface area (Å²) >= 11 is 0. The van der Waals surface area contributed by atoms with Crippen molar-refractivity contribution in [2.75, 3.05) is 27.2 Å². The van der Waals surface area contributed by atoms with E-state index in [2.05, 4.69) is 10.2 Å². The Balaban J connectivity index is 3.44. The van der Waals surface area contributed by atoms with Crippen molar-refractivity contribution >= 4 is 5.91 Å². The SMILES string of the molecule is CC(C#N)C(=O)NCCCN(C)C. The summed E-state index contributed by atoms with van der Waals surface area (Å²) < 4.78 is 0. The second kappa shape index (κ2) is 6.44. The highest BCUT2D eigenvalue weighted by molar-refractivity contribution is 5.80. The molecule has 1 amide bonds. The van der Waals surface area contributed by atoms with Crippen molar-refractivity contribution in [3.8, 4) is 6.07 Å². The maximum Gasteiger partial charge on any atom is 0.237 e. The van der Waals surface area contributed by atoms with Crippen LogP contribution in [-0.4, -0.2) is 38.0 Å². The smallest absolute Gasteiger partial charge is 0.237 e. The fraction of sp³-hybridized carbons (Fsp3) is 0.778. The summed E-state index contributed by atoms with van der Waals surface area (Å²) in [4.78, 5) is 13.1. The van der Waals surface area contributed by atoms with Gasteiger partial charge in [-0.3, -0.25) is 4.79 Å². The Morgan fingerprint density at radius 1 is 1.62 bits per heavy atom. The number of nitrogens with zero attached hydrogens (tertiary/aromatic N) is 2. The Bertz CT molecular complexity index is 196. The number of amides is 1. The Morgan fingerprint density at radius 2 is 2.23 bits per heavy atom. The van der Waals surface area contributed by atoms with Gasteiger partial charge >= 0.3 is 0 Å². The first-order valence-corrected chi connectivity index (χ1v) is 4.40. The van der Waals surface area contributed by atoms with Gasteiger partial charge in [-0.1, -0.05) is 0 Å². The first-order valence-electron chi connectivity index (χ1n) is 4.40. The van der Waals surface area contributed by atoms with Gasteiger partial charge in [0.05, 0.1) is 6.07 Å². The maximum atomic E-state index is 11.1. The molecule has 0 aromatic heterocycles. The Morgan fingerprint density at radius 3 is 2.69 bits per heavy atom. The molecule has 0 bridgehead atoms. The number of carbonyl (C=O) groups excluding carboxylic acids is 1. The highest BCUT2D eigenvalue weighted by atomic mass is 16.1. The standard InChI is InChI=1S/C9H17N3O/c1-8(7-10)9(13)11-5-4-6-12(2)3/h8H,4-6H2,1-3H3,(H,11,13). The van der Waals surface area contributed by atoms with Gasteiger partial charge in [0.2, 0.25) is 5.91 Å². The topological polar surface area (TPSA) is 56.1 Å². The van der Waals surface area contributed by atoms with Crippen molar-refractivity contribution in [1.29, 1.82) is 5.26 Å². The molecule has 0 heterocycles.